The summed E-state index contributed by atoms with van der Waals surface area (Å²) in [6.07, 6.45) is 4.19. The summed E-state index contributed by atoms with van der Waals surface area (Å²) in [6, 6.07) is 10.4. The Balaban J connectivity index is 1.87. The molecule has 0 spiro atoms. The molecule has 0 fully saturated rings. The van der Waals surface area contributed by atoms with E-state index >= 15 is 0 Å². The molecule has 0 unspecified atom stereocenters. The fourth-order valence-electron chi connectivity index (χ4n) is 2.29. The number of rotatable bonds is 5. The second kappa shape index (κ2) is 7.10. The van der Waals surface area contributed by atoms with Gasteiger partial charge in [-0.15, -0.1) is 0 Å². The van der Waals surface area contributed by atoms with Crippen LogP contribution in [0.1, 0.15) is 25.3 Å². The molecule has 0 atom stereocenters. The highest BCUT2D eigenvalue weighted by Crippen LogP contribution is 2.21. The predicted octanol–water partition coefficient (Wildman–Crippen LogP) is 2.30. The Bertz CT molecular complexity index is 439. The van der Waals surface area contributed by atoms with Gasteiger partial charge in [0, 0.05) is 13.1 Å². The van der Waals surface area contributed by atoms with Crippen LogP contribution >= 0.6 is 0 Å². The number of carbonyl (C=O) groups is 1. The minimum atomic E-state index is 0.205. The number of hydrogen-bond acceptors (Lipinski definition) is 2. The Hall–Kier alpha value is -1.61. The van der Waals surface area contributed by atoms with E-state index in [0.29, 0.717) is 6.54 Å². The molecule has 2 rings (SSSR count). The van der Waals surface area contributed by atoms with E-state index in [1.807, 2.05) is 11.0 Å². The lowest BCUT2D eigenvalue weighted by molar-refractivity contribution is -0.129. The largest absolute Gasteiger partial charge is 0.338 e. The molecule has 1 aromatic carbocycles. The SMILES string of the molecule is CCCNCC(=O)N1CC=C(c2ccccc2)CC1. The lowest BCUT2D eigenvalue weighted by Crippen LogP contribution is -2.40. The van der Waals surface area contributed by atoms with Crippen LogP contribution < -0.4 is 5.32 Å². The maximum absolute atomic E-state index is 12.0. The van der Waals surface area contributed by atoms with Crippen LogP contribution in [0.4, 0.5) is 0 Å². The van der Waals surface area contributed by atoms with Crippen LogP contribution in [-0.2, 0) is 4.79 Å². The van der Waals surface area contributed by atoms with Gasteiger partial charge >= 0.3 is 0 Å². The second-order valence-corrected chi connectivity index (χ2v) is 4.86. The zero-order chi connectivity index (χ0) is 13.5. The summed E-state index contributed by atoms with van der Waals surface area (Å²) >= 11 is 0. The van der Waals surface area contributed by atoms with Crippen molar-refractivity contribution in [1.82, 2.24) is 10.2 Å². The summed E-state index contributed by atoms with van der Waals surface area (Å²) in [4.78, 5) is 13.9. The van der Waals surface area contributed by atoms with Gasteiger partial charge in [0.2, 0.25) is 5.91 Å². The Labute approximate surface area is 115 Å². The van der Waals surface area contributed by atoms with E-state index in [0.717, 1.165) is 32.5 Å². The molecule has 1 heterocycles. The van der Waals surface area contributed by atoms with E-state index in [1.54, 1.807) is 0 Å². The average Bonchev–Trinajstić information content (AvgIpc) is 2.48. The van der Waals surface area contributed by atoms with Crippen LogP contribution in [-0.4, -0.2) is 37.0 Å². The number of hydrogen-bond donors (Lipinski definition) is 1. The van der Waals surface area contributed by atoms with Gasteiger partial charge in [-0.2, -0.15) is 0 Å². The van der Waals surface area contributed by atoms with Crippen molar-refractivity contribution < 1.29 is 4.79 Å². The minimum absolute atomic E-state index is 0.205. The van der Waals surface area contributed by atoms with Crippen LogP contribution in [0.2, 0.25) is 0 Å². The zero-order valence-corrected chi connectivity index (χ0v) is 11.6. The van der Waals surface area contributed by atoms with E-state index < -0.39 is 0 Å². The first-order valence-electron chi connectivity index (χ1n) is 7.04. The average molecular weight is 258 g/mol. The third-order valence-corrected chi connectivity index (χ3v) is 3.41. The van der Waals surface area contributed by atoms with Gasteiger partial charge < -0.3 is 10.2 Å². The van der Waals surface area contributed by atoms with E-state index in [1.165, 1.54) is 11.1 Å². The molecule has 1 N–H and O–H groups in total. The highest BCUT2D eigenvalue weighted by Gasteiger charge is 2.17. The Morgan fingerprint density at radius 3 is 2.74 bits per heavy atom. The van der Waals surface area contributed by atoms with Gasteiger partial charge in [-0.3, -0.25) is 4.79 Å². The quantitative estimate of drug-likeness (QED) is 0.822. The molecule has 0 radical (unpaired) electrons. The fourth-order valence-corrected chi connectivity index (χ4v) is 2.29. The summed E-state index contributed by atoms with van der Waals surface area (Å²) in [5, 5.41) is 3.16. The highest BCUT2D eigenvalue weighted by molar-refractivity contribution is 5.80. The number of nitrogens with zero attached hydrogens (tertiary/aromatic N) is 1. The van der Waals surface area contributed by atoms with Crippen molar-refractivity contribution in [3.05, 3.63) is 42.0 Å². The molecule has 1 amide bonds. The third-order valence-electron chi connectivity index (χ3n) is 3.41. The maximum atomic E-state index is 12.0. The van der Waals surface area contributed by atoms with E-state index in [4.69, 9.17) is 0 Å². The smallest absolute Gasteiger partial charge is 0.236 e. The van der Waals surface area contributed by atoms with Gasteiger partial charge in [0.1, 0.15) is 0 Å². The summed E-state index contributed by atoms with van der Waals surface area (Å²) in [5.74, 6) is 0.205. The molecule has 0 aromatic heterocycles. The van der Waals surface area contributed by atoms with Crippen molar-refractivity contribution in [2.45, 2.75) is 19.8 Å². The molecular formula is C16H22N2O. The molecule has 19 heavy (non-hydrogen) atoms. The van der Waals surface area contributed by atoms with Crippen LogP contribution in [0.25, 0.3) is 5.57 Å². The van der Waals surface area contributed by atoms with E-state index in [9.17, 15) is 4.79 Å². The van der Waals surface area contributed by atoms with Gasteiger partial charge in [0.25, 0.3) is 0 Å². The molecule has 102 valence electrons. The van der Waals surface area contributed by atoms with E-state index in [2.05, 4.69) is 42.6 Å². The van der Waals surface area contributed by atoms with Crippen molar-refractivity contribution in [2.24, 2.45) is 0 Å². The Morgan fingerprint density at radius 2 is 2.11 bits per heavy atom. The van der Waals surface area contributed by atoms with Gasteiger partial charge in [-0.1, -0.05) is 43.3 Å². The molecule has 0 aliphatic carbocycles. The summed E-state index contributed by atoms with van der Waals surface area (Å²) < 4.78 is 0. The zero-order valence-electron chi connectivity index (χ0n) is 11.6. The number of nitrogens with one attached hydrogen (secondary N) is 1. The van der Waals surface area contributed by atoms with Crippen LogP contribution in [0.5, 0.6) is 0 Å². The molecule has 0 saturated carbocycles. The normalized spacial score (nSPS) is 15.2. The number of amides is 1. The summed E-state index contributed by atoms with van der Waals surface area (Å²) in [5.41, 5.74) is 2.63. The summed E-state index contributed by atoms with van der Waals surface area (Å²) in [7, 11) is 0. The second-order valence-electron chi connectivity index (χ2n) is 4.86. The van der Waals surface area contributed by atoms with Crippen molar-refractivity contribution >= 4 is 11.5 Å². The molecule has 0 bridgehead atoms. The lowest BCUT2D eigenvalue weighted by Gasteiger charge is -2.27. The first-order valence-corrected chi connectivity index (χ1v) is 7.04. The number of carbonyl (C=O) groups excluding carboxylic acids is 1. The molecule has 1 aliphatic rings. The summed E-state index contributed by atoms with van der Waals surface area (Å²) in [6.45, 7) is 5.03. The van der Waals surface area contributed by atoms with Crippen molar-refractivity contribution in [2.75, 3.05) is 26.2 Å². The first-order chi connectivity index (χ1) is 9.31. The first kappa shape index (κ1) is 13.8. The Kier molecular flexibility index (Phi) is 5.16. The molecular weight excluding hydrogens is 236 g/mol. The maximum Gasteiger partial charge on any atom is 0.236 e. The topological polar surface area (TPSA) is 32.3 Å². The van der Waals surface area contributed by atoms with Crippen LogP contribution in [0.15, 0.2) is 36.4 Å². The van der Waals surface area contributed by atoms with Gasteiger partial charge in [0.05, 0.1) is 6.54 Å². The molecule has 3 heteroatoms. The predicted molar refractivity (Wildman–Crippen MR) is 78.8 cm³/mol. The van der Waals surface area contributed by atoms with Crippen LogP contribution in [0.3, 0.4) is 0 Å². The number of benzene rings is 1. The Morgan fingerprint density at radius 1 is 1.32 bits per heavy atom. The van der Waals surface area contributed by atoms with Crippen molar-refractivity contribution in [3.63, 3.8) is 0 Å². The lowest BCUT2D eigenvalue weighted by atomic mass is 9.99. The highest BCUT2D eigenvalue weighted by atomic mass is 16.2. The molecule has 0 saturated heterocycles. The monoisotopic (exact) mass is 258 g/mol. The van der Waals surface area contributed by atoms with E-state index in [-0.39, 0.29) is 5.91 Å². The van der Waals surface area contributed by atoms with Gasteiger partial charge in [-0.05, 0) is 30.5 Å². The molecule has 1 aliphatic heterocycles. The van der Waals surface area contributed by atoms with Crippen molar-refractivity contribution in [3.8, 4) is 0 Å². The standard InChI is InChI=1S/C16H22N2O/c1-2-10-17-13-16(19)18-11-8-15(9-12-18)14-6-4-3-5-7-14/h3-8,17H,2,9-13H2,1H3. The van der Waals surface area contributed by atoms with Crippen LogP contribution in [0, 0.1) is 0 Å². The van der Waals surface area contributed by atoms with Gasteiger partial charge in [-0.25, -0.2) is 0 Å². The van der Waals surface area contributed by atoms with Gasteiger partial charge in [0.15, 0.2) is 0 Å². The minimum Gasteiger partial charge on any atom is -0.338 e. The van der Waals surface area contributed by atoms with Crippen molar-refractivity contribution in [1.29, 1.82) is 0 Å². The fraction of sp³-hybridized carbons (Fsp3) is 0.438. The molecule has 1 aromatic rings. The third kappa shape index (κ3) is 3.93. The molecule has 3 nitrogen and oxygen atoms in total.